The van der Waals surface area contributed by atoms with Gasteiger partial charge in [-0.05, 0) is 56.2 Å². The Morgan fingerprint density at radius 2 is 1.88 bits per heavy atom. The van der Waals surface area contributed by atoms with Gasteiger partial charge in [0.2, 0.25) is 5.91 Å². The summed E-state index contributed by atoms with van der Waals surface area (Å²) in [5, 5.41) is 5.73. The number of anilines is 1. The summed E-state index contributed by atoms with van der Waals surface area (Å²) >= 11 is 6.00. The van der Waals surface area contributed by atoms with Gasteiger partial charge >= 0.3 is 0 Å². The lowest BCUT2D eigenvalue weighted by Gasteiger charge is -2.29. The second-order valence-corrected chi connectivity index (χ2v) is 9.23. The quantitative estimate of drug-likeness (QED) is 0.539. The van der Waals surface area contributed by atoms with Gasteiger partial charge in [0.15, 0.2) is 5.69 Å². The van der Waals surface area contributed by atoms with Crippen molar-refractivity contribution in [2.24, 2.45) is 17.6 Å². The Morgan fingerprint density at radius 1 is 1.15 bits per heavy atom. The van der Waals surface area contributed by atoms with Gasteiger partial charge in [-0.2, -0.15) is 0 Å². The molecule has 2 aliphatic rings. The van der Waals surface area contributed by atoms with Crippen molar-refractivity contribution < 1.29 is 18.8 Å². The molecule has 1 aromatic carbocycles. The molecular formula is C23H27ClFN5O3. The zero-order valence-electron chi connectivity index (χ0n) is 18.2. The number of carbonyl (C=O) groups excluding carboxylic acids is 3. The topological polar surface area (TPSA) is 119 Å². The van der Waals surface area contributed by atoms with E-state index < -0.39 is 17.6 Å². The van der Waals surface area contributed by atoms with E-state index in [1.165, 1.54) is 31.3 Å². The zero-order valence-corrected chi connectivity index (χ0v) is 18.9. The first-order valence-corrected chi connectivity index (χ1v) is 11.6. The van der Waals surface area contributed by atoms with Crippen LogP contribution >= 0.6 is 11.6 Å². The van der Waals surface area contributed by atoms with Crippen molar-refractivity contribution in [2.75, 3.05) is 11.9 Å². The number of carbonyl (C=O) groups is 3. The lowest BCUT2D eigenvalue weighted by molar-refractivity contribution is -0.121. The fraction of sp³-hybridized carbons (Fsp3) is 0.478. The minimum atomic E-state index is -0.703. The summed E-state index contributed by atoms with van der Waals surface area (Å²) in [6.45, 7) is 0.548. The molecule has 1 aromatic heterocycles. The van der Waals surface area contributed by atoms with Gasteiger partial charge in [0.05, 0.1) is 17.0 Å². The van der Waals surface area contributed by atoms with Crippen molar-refractivity contribution in [3.63, 3.8) is 0 Å². The number of hydrogen-bond donors (Lipinski definition) is 3. The molecule has 0 unspecified atom stereocenters. The van der Waals surface area contributed by atoms with E-state index in [-0.39, 0.29) is 34.3 Å². The highest BCUT2D eigenvalue weighted by Gasteiger charge is 2.31. The third-order valence-electron chi connectivity index (χ3n) is 6.43. The first-order valence-electron chi connectivity index (χ1n) is 11.2. The van der Waals surface area contributed by atoms with E-state index >= 15 is 0 Å². The van der Waals surface area contributed by atoms with Crippen LogP contribution in [0.5, 0.6) is 0 Å². The monoisotopic (exact) mass is 475 g/mol. The Morgan fingerprint density at radius 3 is 2.52 bits per heavy atom. The molecule has 2 saturated carbocycles. The van der Waals surface area contributed by atoms with Gasteiger partial charge in [0, 0.05) is 18.5 Å². The zero-order chi connectivity index (χ0) is 23.5. The fourth-order valence-electron chi connectivity index (χ4n) is 4.37. The first kappa shape index (κ1) is 23.2. The second-order valence-electron chi connectivity index (χ2n) is 8.82. The summed E-state index contributed by atoms with van der Waals surface area (Å²) in [4.78, 5) is 41.5. The molecule has 4 rings (SSSR count). The largest absolute Gasteiger partial charge is 0.364 e. The number of nitrogens with two attached hydrogens (primary N) is 1. The first-order chi connectivity index (χ1) is 15.8. The molecule has 2 aromatic rings. The number of primary amides is 1. The number of amides is 3. The van der Waals surface area contributed by atoms with Gasteiger partial charge in [0.25, 0.3) is 11.8 Å². The lowest BCUT2D eigenvalue weighted by atomic mass is 9.85. The third kappa shape index (κ3) is 5.52. The molecule has 0 saturated heterocycles. The second kappa shape index (κ2) is 9.91. The predicted molar refractivity (Wildman–Crippen MR) is 121 cm³/mol. The smallest absolute Gasteiger partial charge is 0.272 e. The molecule has 33 heavy (non-hydrogen) atoms. The van der Waals surface area contributed by atoms with Crippen LogP contribution in [-0.2, 0) is 4.79 Å². The fourth-order valence-corrected chi connectivity index (χ4v) is 4.58. The van der Waals surface area contributed by atoms with E-state index in [0.717, 1.165) is 12.5 Å². The van der Waals surface area contributed by atoms with Crippen molar-refractivity contribution in [3.8, 4) is 0 Å². The van der Waals surface area contributed by atoms with Crippen LogP contribution in [-0.4, -0.2) is 33.8 Å². The third-order valence-corrected chi connectivity index (χ3v) is 6.74. The summed E-state index contributed by atoms with van der Waals surface area (Å²) in [6.07, 6.45) is 7.21. The molecule has 8 nitrogen and oxygen atoms in total. The molecule has 1 heterocycles. The Labute approximate surface area is 196 Å². The van der Waals surface area contributed by atoms with Crippen LogP contribution in [0.2, 0.25) is 5.02 Å². The van der Waals surface area contributed by atoms with Crippen molar-refractivity contribution in [2.45, 2.75) is 51.0 Å². The van der Waals surface area contributed by atoms with E-state index in [1.54, 1.807) is 4.57 Å². The minimum absolute atomic E-state index is 0.0455. The molecule has 10 heteroatoms. The molecule has 176 valence electrons. The number of rotatable bonds is 8. The van der Waals surface area contributed by atoms with E-state index in [9.17, 15) is 18.8 Å². The molecule has 0 atom stereocenters. The number of imidazole rings is 1. The molecule has 4 N–H and O–H groups in total. The summed E-state index contributed by atoms with van der Waals surface area (Å²) in [6, 6.07) is 3.73. The van der Waals surface area contributed by atoms with Crippen LogP contribution < -0.4 is 16.4 Å². The number of nitrogens with zero attached hydrogens (tertiary/aromatic N) is 2. The van der Waals surface area contributed by atoms with Crippen LogP contribution in [0.4, 0.5) is 10.1 Å². The highest BCUT2D eigenvalue weighted by atomic mass is 35.5. The van der Waals surface area contributed by atoms with Gasteiger partial charge in [-0.15, -0.1) is 0 Å². The number of hydrogen-bond acceptors (Lipinski definition) is 4. The summed E-state index contributed by atoms with van der Waals surface area (Å²) in [5.74, 6) is -1.31. The van der Waals surface area contributed by atoms with Gasteiger partial charge < -0.3 is 20.9 Å². The van der Waals surface area contributed by atoms with Gasteiger partial charge in [-0.25, -0.2) is 9.37 Å². The number of nitrogens with one attached hydrogen (secondary N) is 2. The maximum absolute atomic E-state index is 13.2. The number of halogens is 2. The molecular weight excluding hydrogens is 449 g/mol. The van der Waals surface area contributed by atoms with Crippen molar-refractivity contribution in [1.29, 1.82) is 0 Å². The number of aromatic nitrogens is 2. The van der Waals surface area contributed by atoms with Crippen LogP contribution in [0.15, 0.2) is 24.5 Å². The molecule has 0 spiro atoms. The highest BCUT2D eigenvalue weighted by Crippen LogP contribution is 2.35. The predicted octanol–water partition coefficient (Wildman–Crippen LogP) is 3.67. The Hall–Kier alpha value is -2.94. The average molecular weight is 476 g/mol. The molecule has 0 aliphatic heterocycles. The standard InChI is InChI=1S/C23H27ClFN5O3/c24-17-11-15(25)5-8-18(17)29-22(32)14-3-6-16(7-4-14)30-12-28-19(20(30)21(26)31)23(33)27-10-9-13-1-2-13/h5,8,11-14,16H,1-4,6-7,9-10H2,(H2,26,31)(H,27,33)(H,29,32)/t14-,16-. The van der Waals surface area contributed by atoms with Crippen LogP contribution in [0.25, 0.3) is 0 Å². The maximum atomic E-state index is 13.2. The van der Waals surface area contributed by atoms with Crippen molar-refractivity contribution >= 4 is 35.0 Å². The Kier molecular flexibility index (Phi) is 6.97. The average Bonchev–Trinajstić information content (AvgIpc) is 3.50. The number of benzene rings is 1. The van der Waals surface area contributed by atoms with E-state index in [2.05, 4.69) is 15.6 Å². The molecule has 3 amide bonds. The van der Waals surface area contributed by atoms with Crippen LogP contribution in [0.3, 0.4) is 0 Å². The molecule has 2 aliphatic carbocycles. The Balaban J connectivity index is 1.37. The maximum Gasteiger partial charge on any atom is 0.272 e. The van der Waals surface area contributed by atoms with Gasteiger partial charge in [-0.3, -0.25) is 14.4 Å². The molecule has 0 radical (unpaired) electrons. The van der Waals surface area contributed by atoms with Crippen molar-refractivity contribution in [1.82, 2.24) is 14.9 Å². The minimum Gasteiger partial charge on any atom is -0.364 e. The van der Waals surface area contributed by atoms with E-state index in [4.69, 9.17) is 17.3 Å². The normalized spacial score (nSPS) is 20.3. The van der Waals surface area contributed by atoms with E-state index in [1.807, 2.05) is 0 Å². The molecule has 0 bridgehead atoms. The van der Waals surface area contributed by atoms with Crippen molar-refractivity contribution in [3.05, 3.63) is 46.8 Å². The summed E-state index contributed by atoms with van der Waals surface area (Å²) in [7, 11) is 0. The lowest BCUT2D eigenvalue weighted by Crippen LogP contribution is -2.31. The molecule has 2 fully saturated rings. The van der Waals surface area contributed by atoms with Crippen LogP contribution in [0.1, 0.15) is 72.0 Å². The Bertz CT molecular complexity index is 1060. The highest BCUT2D eigenvalue weighted by molar-refractivity contribution is 6.33. The van der Waals surface area contributed by atoms with Gasteiger partial charge in [-0.1, -0.05) is 24.4 Å². The van der Waals surface area contributed by atoms with Gasteiger partial charge in [0.1, 0.15) is 11.5 Å². The van der Waals surface area contributed by atoms with E-state index in [0.29, 0.717) is 43.8 Å². The SMILES string of the molecule is NC(=O)c1c(C(=O)NCCC2CC2)ncn1[C@H]1CC[C@H](C(=O)Nc2ccc(F)cc2Cl)CC1. The van der Waals surface area contributed by atoms with Crippen LogP contribution in [0, 0.1) is 17.7 Å². The summed E-state index contributed by atoms with van der Waals surface area (Å²) < 4.78 is 14.9. The summed E-state index contributed by atoms with van der Waals surface area (Å²) in [5.41, 5.74) is 6.11.